The van der Waals surface area contributed by atoms with Gasteiger partial charge in [-0.15, -0.1) is 6.58 Å². The third-order valence-corrected chi connectivity index (χ3v) is 5.28. The molecule has 3 rings (SSSR count). The van der Waals surface area contributed by atoms with Crippen molar-refractivity contribution in [2.75, 3.05) is 31.1 Å². The van der Waals surface area contributed by atoms with E-state index in [9.17, 15) is 4.79 Å². The minimum Gasteiger partial charge on any atom is -0.357 e. The minimum atomic E-state index is -0.101. The number of aromatic nitrogens is 1. The first-order chi connectivity index (χ1) is 11.7. The van der Waals surface area contributed by atoms with Crippen LogP contribution in [0.15, 0.2) is 31.0 Å². The summed E-state index contributed by atoms with van der Waals surface area (Å²) < 4.78 is 0. The maximum Gasteiger partial charge on any atom is 0.253 e. The zero-order valence-corrected chi connectivity index (χ0v) is 14.6. The van der Waals surface area contributed by atoms with Gasteiger partial charge in [0.1, 0.15) is 5.82 Å². The van der Waals surface area contributed by atoms with Crippen molar-refractivity contribution in [3.63, 3.8) is 0 Å². The van der Waals surface area contributed by atoms with E-state index in [2.05, 4.69) is 33.6 Å². The number of rotatable bonds is 5. The Bertz CT molecular complexity index is 563. The van der Waals surface area contributed by atoms with Gasteiger partial charge < -0.3 is 10.2 Å². The van der Waals surface area contributed by atoms with Crippen molar-refractivity contribution in [2.45, 2.75) is 44.7 Å². The fourth-order valence-electron chi connectivity index (χ4n) is 3.90. The predicted molar refractivity (Wildman–Crippen MR) is 97.4 cm³/mol. The third kappa shape index (κ3) is 3.78. The Balaban J connectivity index is 1.54. The highest BCUT2D eigenvalue weighted by molar-refractivity contribution is 5.94. The Morgan fingerprint density at radius 2 is 2.12 bits per heavy atom. The molecule has 3 heterocycles. The molecule has 0 aromatic carbocycles. The van der Waals surface area contributed by atoms with Gasteiger partial charge in [0, 0.05) is 37.9 Å². The molecule has 0 radical (unpaired) electrons. The number of anilines is 1. The lowest BCUT2D eigenvalue weighted by molar-refractivity contribution is 0.0957. The normalized spacial score (nSPS) is 22.5. The van der Waals surface area contributed by atoms with Crippen LogP contribution in [0.3, 0.4) is 0 Å². The van der Waals surface area contributed by atoms with Crippen LogP contribution in [0.1, 0.15) is 43.0 Å². The molecule has 1 N–H and O–H groups in total. The number of carbonyl (C=O) groups is 1. The molecule has 1 amide bonds. The van der Waals surface area contributed by atoms with Crippen LogP contribution >= 0.6 is 0 Å². The van der Waals surface area contributed by atoms with Crippen molar-refractivity contribution in [2.24, 2.45) is 0 Å². The van der Waals surface area contributed by atoms with Crippen LogP contribution in [0.25, 0.3) is 0 Å². The van der Waals surface area contributed by atoms with E-state index in [1.807, 2.05) is 12.1 Å². The molecule has 2 saturated heterocycles. The van der Waals surface area contributed by atoms with Gasteiger partial charge >= 0.3 is 0 Å². The molecule has 2 aliphatic rings. The van der Waals surface area contributed by atoms with Crippen LogP contribution in [0.2, 0.25) is 0 Å². The lowest BCUT2D eigenvalue weighted by atomic mass is 10.0. The second-order valence-electron chi connectivity index (χ2n) is 6.85. The SMILES string of the molecule is C=CCNC(=O)c1ccc(N2CCC(N3CCCC3C)CC2)nc1. The van der Waals surface area contributed by atoms with Crippen molar-refractivity contribution < 1.29 is 4.79 Å². The monoisotopic (exact) mass is 328 g/mol. The van der Waals surface area contributed by atoms with Gasteiger partial charge in [0.2, 0.25) is 0 Å². The van der Waals surface area contributed by atoms with Gasteiger partial charge in [-0.05, 0) is 51.3 Å². The highest BCUT2D eigenvalue weighted by atomic mass is 16.1. The van der Waals surface area contributed by atoms with E-state index in [1.165, 1.54) is 32.2 Å². The first-order valence-electron chi connectivity index (χ1n) is 9.05. The van der Waals surface area contributed by atoms with Gasteiger partial charge in [-0.3, -0.25) is 9.69 Å². The summed E-state index contributed by atoms with van der Waals surface area (Å²) in [5.74, 6) is 0.874. The molecular weight excluding hydrogens is 300 g/mol. The number of likely N-dealkylation sites (tertiary alicyclic amines) is 1. The summed E-state index contributed by atoms with van der Waals surface area (Å²) in [6, 6.07) is 5.28. The molecular formula is C19H28N4O. The first-order valence-corrected chi connectivity index (χ1v) is 9.05. The Hall–Kier alpha value is -1.88. The standard InChI is InChI=1S/C19H28N4O/c1-3-10-20-19(24)16-6-7-18(21-14-16)22-12-8-17(9-13-22)23-11-4-5-15(23)2/h3,6-7,14-15,17H,1,4-5,8-13H2,2H3,(H,20,24). The second kappa shape index (κ2) is 7.79. The molecule has 0 aliphatic carbocycles. The van der Waals surface area contributed by atoms with Gasteiger partial charge in [-0.25, -0.2) is 4.98 Å². The van der Waals surface area contributed by atoms with Gasteiger partial charge in [-0.1, -0.05) is 6.08 Å². The van der Waals surface area contributed by atoms with E-state index in [0.29, 0.717) is 12.1 Å². The fourth-order valence-corrected chi connectivity index (χ4v) is 3.90. The number of nitrogens with zero attached hydrogens (tertiary/aromatic N) is 3. The largest absolute Gasteiger partial charge is 0.357 e. The number of hydrogen-bond acceptors (Lipinski definition) is 4. The summed E-state index contributed by atoms with van der Waals surface area (Å²) in [7, 11) is 0. The van der Waals surface area contributed by atoms with Gasteiger partial charge in [0.05, 0.1) is 5.56 Å². The van der Waals surface area contributed by atoms with Crippen LogP contribution in [0.4, 0.5) is 5.82 Å². The number of amides is 1. The summed E-state index contributed by atoms with van der Waals surface area (Å²) in [5.41, 5.74) is 0.598. The maximum absolute atomic E-state index is 11.9. The average Bonchev–Trinajstić information content (AvgIpc) is 3.06. The van der Waals surface area contributed by atoms with Crippen LogP contribution in [-0.4, -0.2) is 54.1 Å². The number of pyridine rings is 1. The van der Waals surface area contributed by atoms with Gasteiger partial charge in [-0.2, -0.15) is 0 Å². The van der Waals surface area contributed by atoms with E-state index >= 15 is 0 Å². The number of nitrogens with one attached hydrogen (secondary N) is 1. The Morgan fingerprint density at radius 3 is 2.71 bits per heavy atom. The number of piperidine rings is 1. The molecule has 5 nitrogen and oxygen atoms in total. The molecule has 130 valence electrons. The Morgan fingerprint density at radius 1 is 1.33 bits per heavy atom. The van der Waals surface area contributed by atoms with Crippen molar-refractivity contribution in [3.8, 4) is 0 Å². The van der Waals surface area contributed by atoms with Crippen LogP contribution in [0.5, 0.6) is 0 Å². The van der Waals surface area contributed by atoms with Gasteiger partial charge in [0.15, 0.2) is 0 Å². The van der Waals surface area contributed by atoms with Crippen LogP contribution in [0, 0.1) is 0 Å². The minimum absolute atomic E-state index is 0.101. The number of carbonyl (C=O) groups excluding carboxylic acids is 1. The second-order valence-corrected chi connectivity index (χ2v) is 6.85. The molecule has 24 heavy (non-hydrogen) atoms. The highest BCUT2D eigenvalue weighted by Crippen LogP contribution is 2.27. The van der Waals surface area contributed by atoms with Crippen LogP contribution < -0.4 is 10.2 Å². The van der Waals surface area contributed by atoms with E-state index in [1.54, 1.807) is 12.3 Å². The van der Waals surface area contributed by atoms with Crippen molar-refractivity contribution >= 4 is 11.7 Å². The van der Waals surface area contributed by atoms with Crippen LogP contribution in [-0.2, 0) is 0 Å². The van der Waals surface area contributed by atoms with E-state index < -0.39 is 0 Å². The van der Waals surface area contributed by atoms with Crippen molar-refractivity contribution in [1.82, 2.24) is 15.2 Å². The predicted octanol–water partition coefficient (Wildman–Crippen LogP) is 2.45. The summed E-state index contributed by atoms with van der Waals surface area (Å²) in [5, 5.41) is 2.77. The lowest BCUT2D eigenvalue weighted by Gasteiger charge is -2.39. The topological polar surface area (TPSA) is 48.5 Å². The molecule has 2 aliphatic heterocycles. The molecule has 0 saturated carbocycles. The zero-order chi connectivity index (χ0) is 16.9. The molecule has 1 atom stereocenters. The smallest absolute Gasteiger partial charge is 0.253 e. The molecule has 1 aromatic heterocycles. The van der Waals surface area contributed by atoms with E-state index in [0.717, 1.165) is 31.0 Å². The van der Waals surface area contributed by atoms with Crippen molar-refractivity contribution in [3.05, 3.63) is 36.5 Å². The molecule has 2 fully saturated rings. The highest BCUT2D eigenvalue weighted by Gasteiger charge is 2.30. The van der Waals surface area contributed by atoms with Crippen molar-refractivity contribution in [1.29, 1.82) is 0 Å². The molecule has 1 aromatic rings. The molecule has 5 heteroatoms. The summed E-state index contributed by atoms with van der Waals surface area (Å²) in [6.07, 6.45) is 8.43. The lowest BCUT2D eigenvalue weighted by Crippen LogP contribution is -2.46. The first kappa shape index (κ1) is 17.0. The van der Waals surface area contributed by atoms with Gasteiger partial charge in [0.25, 0.3) is 5.91 Å². The Labute approximate surface area is 144 Å². The summed E-state index contributed by atoms with van der Waals surface area (Å²) in [4.78, 5) is 21.4. The fraction of sp³-hybridized carbons (Fsp3) is 0.579. The third-order valence-electron chi connectivity index (χ3n) is 5.28. The van der Waals surface area contributed by atoms with E-state index in [4.69, 9.17) is 0 Å². The summed E-state index contributed by atoms with van der Waals surface area (Å²) in [6.45, 7) is 9.79. The Kier molecular flexibility index (Phi) is 5.51. The number of hydrogen-bond donors (Lipinski definition) is 1. The molecule has 1 unspecified atom stereocenters. The quantitative estimate of drug-likeness (QED) is 0.844. The molecule has 0 bridgehead atoms. The maximum atomic E-state index is 11.9. The average molecular weight is 328 g/mol. The summed E-state index contributed by atoms with van der Waals surface area (Å²) >= 11 is 0. The zero-order valence-electron chi connectivity index (χ0n) is 14.6. The van der Waals surface area contributed by atoms with E-state index in [-0.39, 0.29) is 5.91 Å². The molecule has 0 spiro atoms.